The molecule has 0 aromatic carbocycles. The number of aromatic nitrogens is 2. The Morgan fingerprint density at radius 3 is 2.63 bits per heavy atom. The Hall–Kier alpha value is -1.53. The lowest BCUT2D eigenvalue weighted by Gasteiger charge is -2.07. The van der Waals surface area contributed by atoms with Crippen molar-refractivity contribution in [3.63, 3.8) is 0 Å². The minimum Gasteiger partial charge on any atom is -0.305 e. The van der Waals surface area contributed by atoms with Crippen molar-refractivity contribution in [2.45, 2.75) is 9.79 Å². The van der Waals surface area contributed by atoms with Gasteiger partial charge in [-0.25, -0.2) is 9.97 Å². The monoisotopic (exact) mass is 291 g/mol. The van der Waals surface area contributed by atoms with Gasteiger partial charge in [-0.15, -0.1) is 23.5 Å². The molecule has 2 aromatic rings. The summed E-state index contributed by atoms with van der Waals surface area (Å²) in [5.41, 5.74) is 0.422. The number of nitrogens with one attached hydrogen (secondary N) is 1. The van der Waals surface area contributed by atoms with Crippen LogP contribution in [0.3, 0.4) is 0 Å². The molecule has 0 saturated heterocycles. The highest BCUT2D eigenvalue weighted by Crippen LogP contribution is 2.19. The van der Waals surface area contributed by atoms with Crippen molar-refractivity contribution in [3.05, 3.63) is 42.4 Å². The highest BCUT2D eigenvalue weighted by molar-refractivity contribution is 7.98. The number of hydrogen-bond acceptors (Lipinski definition) is 5. The van der Waals surface area contributed by atoms with Crippen molar-refractivity contribution < 1.29 is 4.79 Å². The number of anilines is 1. The average molecular weight is 291 g/mol. The second-order valence-corrected chi connectivity index (χ2v) is 5.32. The largest absolute Gasteiger partial charge is 0.305 e. The van der Waals surface area contributed by atoms with Crippen molar-refractivity contribution in [2.24, 2.45) is 0 Å². The lowest BCUT2D eigenvalue weighted by Crippen LogP contribution is -2.15. The molecular weight excluding hydrogens is 278 g/mol. The third-order valence-corrected chi connectivity index (χ3v) is 3.90. The van der Waals surface area contributed by atoms with Gasteiger partial charge in [-0.1, -0.05) is 0 Å². The Bertz CT molecular complexity index is 572. The first-order valence-electron chi connectivity index (χ1n) is 5.55. The predicted molar refractivity (Wildman–Crippen MR) is 80.0 cm³/mol. The summed E-state index contributed by atoms with van der Waals surface area (Å²) >= 11 is 3.10. The average Bonchev–Trinajstić information content (AvgIpc) is 2.48. The summed E-state index contributed by atoms with van der Waals surface area (Å²) in [6.07, 6.45) is 7.24. The van der Waals surface area contributed by atoms with Gasteiger partial charge >= 0.3 is 0 Å². The quantitative estimate of drug-likeness (QED) is 0.877. The summed E-state index contributed by atoms with van der Waals surface area (Å²) in [5, 5.41) is 2.75. The third-order valence-electron chi connectivity index (χ3n) is 2.42. The van der Waals surface area contributed by atoms with Crippen LogP contribution in [0.15, 0.2) is 46.5 Å². The fourth-order valence-electron chi connectivity index (χ4n) is 1.48. The third kappa shape index (κ3) is 3.48. The molecule has 0 bridgehead atoms. The summed E-state index contributed by atoms with van der Waals surface area (Å²) in [7, 11) is 0. The van der Waals surface area contributed by atoms with Crippen LogP contribution in [0.25, 0.3) is 0 Å². The van der Waals surface area contributed by atoms with Gasteiger partial charge in [0, 0.05) is 22.2 Å². The molecule has 0 aliphatic rings. The maximum atomic E-state index is 12.1. The number of pyridine rings is 2. The zero-order valence-electron chi connectivity index (χ0n) is 10.6. The molecule has 0 radical (unpaired) electrons. The maximum absolute atomic E-state index is 12.1. The minimum absolute atomic E-state index is 0.241. The van der Waals surface area contributed by atoms with Crippen molar-refractivity contribution in [1.82, 2.24) is 9.97 Å². The molecule has 2 rings (SSSR count). The van der Waals surface area contributed by atoms with E-state index in [2.05, 4.69) is 15.3 Å². The number of amides is 1. The molecule has 0 unspecified atom stereocenters. The Kier molecular flexibility index (Phi) is 4.81. The van der Waals surface area contributed by atoms with Gasteiger partial charge in [-0.3, -0.25) is 4.79 Å². The van der Waals surface area contributed by atoms with Gasteiger partial charge in [0.1, 0.15) is 11.5 Å². The molecule has 0 saturated carbocycles. The van der Waals surface area contributed by atoms with Crippen LogP contribution in [0.2, 0.25) is 0 Å². The summed E-state index contributed by atoms with van der Waals surface area (Å²) in [6, 6.07) is 7.39. The fraction of sp³-hybridized carbons (Fsp3) is 0.154. The van der Waals surface area contributed by atoms with Crippen LogP contribution in [0, 0.1) is 0 Å². The highest BCUT2D eigenvalue weighted by atomic mass is 32.2. The molecule has 0 fully saturated rings. The van der Waals surface area contributed by atoms with Crippen molar-refractivity contribution >= 4 is 35.2 Å². The van der Waals surface area contributed by atoms with E-state index in [-0.39, 0.29) is 5.91 Å². The van der Waals surface area contributed by atoms with E-state index < -0.39 is 0 Å². The fourth-order valence-corrected chi connectivity index (χ4v) is 2.39. The van der Waals surface area contributed by atoms with E-state index in [9.17, 15) is 4.79 Å². The molecule has 0 spiro atoms. The number of thioether (sulfide) groups is 2. The lowest BCUT2D eigenvalue weighted by atomic mass is 10.3. The molecule has 2 heterocycles. The summed E-state index contributed by atoms with van der Waals surface area (Å²) in [5.74, 6) is 0.287. The van der Waals surface area contributed by atoms with Gasteiger partial charge < -0.3 is 5.32 Å². The van der Waals surface area contributed by atoms with E-state index in [0.29, 0.717) is 11.5 Å². The van der Waals surface area contributed by atoms with E-state index in [0.717, 1.165) is 9.79 Å². The first-order chi connectivity index (χ1) is 9.24. The van der Waals surface area contributed by atoms with E-state index >= 15 is 0 Å². The molecule has 6 heteroatoms. The van der Waals surface area contributed by atoms with Gasteiger partial charge in [0.25, 0.3) is 5.91 Å². The zero-order chi connectivity index (χ0) is 13.7. The first kappa shape index (κ1) is 13.9. The second kappa shape index (κ2) is 6.58. The maximum Gasteiger partial charge on any atom is 0.276 e. The van der Waals surface area contributed by atoms with Crippen LogP contribution >= 0.6 is 23.5 Å². The number of rotatable bonds is 4. The Labute approximate surface area is 120 Å². The van der Waals surface area contributed by atoms with Gasteiger partial charge in [0.05, 0.1) is 0 Å². The minimum atomic E-state index is -0.241. The molecule has 1 N–H and O–H groups in total. The van der Waals surface area contributed by atoms with Crippen LogP contribution in [0.5, 0.6) is 0 Å². The molecule has 2 aromatic heterocycles. The van der Waals surface area contributed by atoms with E-state index in [1.807, 2.05) is 30.7 Å². The van der Waals surface area contributed by atoms with Gasteiger partial charge in [0.15, 0.2) is 0 Å². The molecule has 1 amide bonds. The van der Waals surface area contributed by atoms with Crippen molar-refractivity contribution in [2.75, 3.05) is 17.8 Å². The van der Waals surface area contributed by atoms with Gasteiger partial charge in [0.2, 0.25) is 0 Å². The van der Waals surface area contributed by atoms with E-state index in [1.165, 1.54) is 11.8 Å². The molecule has 19 heavy (non-hydrogen) atoms. The summed E-state index contributed by atoms with van der Waals surface area (Å²) < 4.78 is 0. The molecular formula is C13H13N3OS2. The van der Waals surface area contributed by atoms with Crippen LogP contribution in [-0.2, 0) is 0 Å². The normalized spacial score (nSPS) is 10.2. The Morgan fingerprint density at radius 2 is 2.00 bits per heavy atom. The highest BCUT2D eigenvalue weighted by Gasteiger charge is 2.12. The van der Waals surface area contributed by atoms with Gasteiger partial charge in [-0.05, 0) is 36.8 Å². The topological polar surface area (TPSA) is 54.9 Å². The SMILES string of the molecule is CSc1ccc(NC(=O)c2ncccc2SC)nc1. The van der Waals surface area contributed by atoms with Gasteiger partial charge in [-0.2, -0.15) is 0 Å². The van der Waals surface area contributed by atoms with E-state index in [4.69, 9.17) is 0 Å². The molecule has 0 aliphatic carbocycles. The molecule has 4 nitrogen and oxygen atoms in total. The summed E-state index contributed by atoms with van der Waals surface area (Å²) in [4.78, 5) is 22.3. The van der Waals surface area contributed by atoms with E-state index in [1.54, 1.807) is 30.2 Å². The first-order valence-corrected chi connectivity index (χ1v) is 8.00. The molecule has 0 atom stereocenters. The van der Waals surface area contributed by atoms with Crippen LogP contribution in [0.4, 0.5) is 5.82 Å². The zero-order valence-corrected chi connectivity index (χ0v) is 12.2. The number of nitrogens with zero attached hydrogens (tertiary/aromatic N) is 2. The lowest BCUT2D eigenvalue weighted by molar-refractivity contribution is 0.101. The van der Waals surface area contributed by atoms with Crippen LogP contribution in [-0.4, -0.2) is 28.4 Å². The van der Waals surface area contributed by atoms with Crippen molar-refractivity contribution in [1.29, 1.82) is 0 Å². The number of carbonyl (C=O) groups is 1. The van der Waals surface area contributed by atoms with Crippen molar-refractivity contribution in [3.8, 4) is 0 Å². The van der Waals surface area contributed by atoms with Crippen LogP contribution in [0.1, 0.15) is 10.5 Å². The smallest absolute Gasteiger partial charge is 0.276 e. The predicted octanol–water partition coefficient (Wildman–Crippen LogP) is 3.17. The summed E-state index contributed by atoms with van der Waals surface area (Å²) in [6.45, 7) is 0. The van der Waals surface area contributed by atoms with Crippen LogP contribution < -0.4 is 5.32 Å². The molecule has 98 valence electrons. The second-order valence-electron chi connectivity index (χ2n) is 3.59. The number of carbonyl (C=O) groups excluding carboxylic acids is 1. The standard InChI is InChI=1S/C13H13N3OS2/c1-18-9-5-6-11(15-8-9)16-13(17)12-10(19-2)4-3-7-14-12/h3-8H,1-2H3,(H,15,16,17). The molecule has 0 aliphatic heterocycles. The Morgan fingerprint density at radius 1 is 1.16 bits per heavy atom. The number of hydrogen-bond donors (Lipinski definition) is 1. The Balaban J connectivity index is 2.16.